The third-order valence-electron chi connectivity index (χ3n) is 5.04. The van der Waals surface area contributed by atoms with E-state index in [2.05, 4.69) is 22.5 Å². The Labute approximate surface area is 170 Å². The summed E-state index contributed by atoms with van der Waals surface area (Å²) in [6, 6.07) is 10.2. The Bertz CT molecular complexity index is 912. The number of pyridine rings is 1. The van der Waals surface area contributed by atoms with Crippen molar-refractivity contribution in [2.24, 2.45) is 0 Å². The lowest BCUT2D eigenvalue weighted by atomic mass is 9.99. The van der Waals surface area contributed by atoms with Crippen LogP contribution in [0.15, 0.2) is 42.6 Å². The van der Waals surface area contributed by atoms with E-state index in [0.29, 0.717) is 16.9 Å². The van der Waals surface area contributed by atoms with E-state index in [4.69, 9.17) is 0 Å². The fourth-order valence-corrected chi connectivity index (χ4v) is 3.61. The van der Waals surface area contributed by atoms with E-state index in [-0.39, 0.29) is 29.5 Å². The monoisotopic (exact) mass is 394 g/mol. The van der Waals surface area contributed by atoms with Gasteiger partial charge in [0.2, 0.25) is 5.91 Å². The fraction of sp³-hybridized carbons (Fsp3) is 0.364. The molecule has 2 aromatic rings. The molecule has 0 saturated carbocycles. The standard InChI is InChI=1S/C22H26N4O3/c1-3-19-9-4-5-12-26(19)22(29)20-13-16(10-11-23-20)21(28)25-18-8-6-7-17(14-18)24-15(2)27/h6-8,10-11,13-14,19H,3-5,9,12H2,1-2H3,(H,24,27)(H,25,28). The highest BCUT2D eigenvalue weighted by atomic mass is 16.2. The average molecular weight is 394 g/mol. The third kappa shape index (κ3) is 5.19. The van der Waals surface area contributed by atoms with Crippen LogP contribution in [0.25, 0.3) is 0 Å². The summed E-state index contributed by atoms with van der Waals surface area (Å²) >= 11 is 0. The largest absolute Gasteiger partial charge is 0.334 e. The van der Waals surface area contributed by atoms with Crippen LogP contribution in [-0.4, -0.2) is 40.2 Å². The van der Waals surface area contributed by atoms with Crippen LogP contribution >= 0.6 is 0 Å². The zero-order valence-corrected chi connectivity index (χ0v) is 16.8. The van der Waals surface area contributed by atoms with Crippen LogP contribution in [0.4, 0.5) is 11.4 Å². The van der Waals surface area contributed by atoms with Crippen LogP contribution in [0.2, 0.25) is 0 Å². The minimum atomic E-state index is -0.341. The summed E-state index contributed by atoms with van der Waals surface area (Å²) in [4.78, 5) is 42.9. The number of piperidine rings is 1. The number of rotatable bonds is 5. The molecule has 1 unspecified atom stereocenters. The number of aromatic nitrogens is 1. The highest BCUT2D eigenvalue weighted by Gasteiger charge is 2.27. The molecule has 0 aliphatic carbocycles. The quantitative estimate of drug-likeness (QED) is 0.809. The Morgan fingerprint density at radius 1 is 1.10 bits per heavy atom. The summed E-state index contributed by atoms with van der Waals surface area (Å²) < 4.78 is 0. The van der Waals surface area contributed by atoms with Crippen molar-refractivity contribution in [2.75, 3.05) is 17.2 Å². The molecule has 3 rings (SSSR count). The minimum Gasteiger partial charge on any atom is -0.334 e. The van der Waals surface area contributed by atoms with E-state index in [1.807, 2.05) is 4.90 Å². The molecule has 152 valence electrons. The van der Waals surface area contributed by atoms with Crippen molar-refractivity contribution in [3.8, 4) is 0 Å². The van der Waals surface area contributed by atoms with Gasteiger partial charge in [-0.15, -0.1) is 0 Å². The van der Waals surface area contributed by atoms with Gasteiger partial charge < -0.3 is 15.5 Å². The first kappa shape index (κ1) is 20.5. The van der Waals surface area contributed by atoms with Crippen molar-refractivity contribution >= 4 is 29.1 Å². The van der Waals surface area contributed by atoms with Gasteiger partial charge in [-0.1, -0.05) is 13.0 Å². The summed E-state index contributed by atoms with van der Waals surface area (Å²) in [5, 5.41) is 5.47. The second-order valence-corrected chi connectivity index (χ2v) is 7.20. The number of hydrogen-bond acceptors (Lipinski definition) is 4. The molecule has 1 fully saturated rings. The molecule has 7 heteroatoms. The van der Waals surface area contributed by atoms with Gasteiger partial charge in [-0.25, -0.2) is 0 Å². The first-order valence-corrected chi connectivity index (χ1v) is 9.94. The molecule has 1 saturated heterocycles. The fourth-order valence-electron chi connectivity index (χ4n) is 3.61. The Morgan fingerprint density at radius 2 is 1.86 bits per heavy atom. The topological polar surface area (TPSA) is 91.4 Å². The number of hydrogen-bond donors (Lipinski definition) is 2. The smallest absolute Gasteiger partial charge is 0.272 e. The molecule has 1 aromatic heterocycles. The molecule has 29 heavy (non-hydrogen) atoms. The van der Waals surface area contributed by atoms with Crippen LogP contribution in [0.5, 0.6) is 0 Å². The first-order chi connectivity index (χ1) is 14.0. The van der Waals surface area contributed by atoms with E-state index in [1.165, 1.54) is 19.2 Å². The molecular weight excluding hydrogens is 368 g/mol. The number of nitrogens with zero attached hydrogens (tertiary/aromatic N) is 2. The number of carbonyl (C=O) groups excluding carboxylic acids is 3. The molecule has 0 bridgehead atoms. The highest BCUT2D eigenvalue weighted by Crippen LogP contribution is 2.22. The number of benzene rings is 1. The number of nitrogens with one attached hydrogen (secondary N) is 2. The van der Waals surface area contributed by atoms with E-state index in [9.17, 15) is 14.4 Å². The van der Waals surface area contributed by atoms with Gasteiger partial charge in [-0.05, 0) is 56.0 Å². The molecule has 2 heterocycles. The van der Waals surface area contributed by atoms with E-state index < -0.39 is 0 Å². The Kier molecular flexibility index (Phi) is 6.59. The van der Waals surface area contributed by atoms with Crippen molar-refractivity contribution in [1.82, 2.24) is 9.88 Å². The van der Waals surface area contributed by atoms with Crippen molar-refractivity contribution in [3.63, 3.8) is 0 Å². The van der Waals surface area contributed by atoms with Gasteiger partial charge in [0, 0.05) is 42.6 Å². The number of anilines is 2. The summed E-state index contributed by atoms with van der Waals surface area (Å²) in [5.74, 6) is -0.653. The van der Waals surface area contributed by atoms with Crippen LogP contribution in [-0.2, 0) is 4.79 Å². The maximum atomic E-state index is 12.9. The van der Waals surface area contributed by atoms with Gasteiger partial charge in [0.25, 0.3) is 11.8 Å². The summed E-state index contributed by atoms with van der Waals surface area (Å²) in [6.45, 7) is 4.24. The number of carbonyl (C=O) groups is 3. The molecule has 2 N–H and O–H groups in total. The maximum absolute atomic E-state index is 12.9. The van der Waals surface area contributed by atoms with E-state index in [0.717, 1.165) is 32.2 Å². The van der Waals surface area contributed by atoms with Gasteiger partial charge in [-0.3, -0.25) is 19.4 Å². The lowest BCUT2D eigenvalue weighted by Gasteiger charge is -2.35. The minimum absolute atomic E-state index is 0.126. The first-order valence-electron chi connectivity index (χ1n) is 9.94. The van der Waals surface area contributed by atoms with Gasteiger partial charge in [0.15, 0.2) is 0 Å². The Hall–Kier alpha value is -3.22. The van der Waals surface area contributed by atoms with Crippen LogP contribution < -0.4 is 10.6 Å². The second kappa shape index (κ2) is 9.32. The van der Waals surface area contributed by atoms with Crippen LogP contribution in [0, 0.1) is 0 Å². The molecule has 3 amide bonds. The van der Waals surface area contributed by atoms with Crippen molar-refractivity contribution in [3.05, 3.63) is 53.9 Å². The zero-order chi connectivity index (χ0) is 20.8. The molecular formula is C22H26N4O3. The Morgan fingerprint density at radius 3 is 2.59 bits per heavy atom. The molecule has 0 spiro atoms. The van der Waals surface area contributed by atoms with Crippen LogP contribution in [0.3, 0.4) is 0 Å². The average Bonchev–Trinajstić information content (AvgIpc) is 2.73. The molecule has 1 atom stereocenters. The number of amides is 3. The molecule has 1 aliphatic rings. The van der Waals surface area contributed by atoms with Gasteiger partial charge in [0.1, 0.15) is 5.69 Å². The lowest BCUT2D eigenvalue weighted by molar-refractivity contribution is -0.114. The van der Waals surface area contributed by atoms with E-state index >= 15 is 0 Å². The lowest BCUT2D eigenvalue weighted by Crippen LogP contribution is -2.43. The van der Waals surface area contributed by atoms with Crippen LogP contribution in [0.1, 0.15) is 60.4 Å². The summed E-state index contributed by atoms with van der Waals surface area (Å²) in [5.41, 5.74) is 1.79. The van der Waals surface area contributed by atoms with Gasteiger partial charge in [0.05, 0.1) is 0 Å². The normalized spacial score (nSPS) is 16.2. The summed E-state index contributed by atoms with van der Waals surface area (Å²) in [6.07, 6.45) is 5.53. The molecule has 0 radical (unpaired) electrons. The molecule has 7 nitrogen and oxygen atoms in total. The third-order valence-corrected chi connectivity index (χ3v) is 5.04. The van der Waals surface area contributed by atoms with Crippen molar-refractivity contribution in [1.29, 1.82) is 0 Å². The second-order valence-electron chi connectivity index (χ2n) is 7.20. The van der Waals surface area contributed by atoms with Gasteiger partial charge >= 0.3 is 0 Å². The SMILES string of the molecule is CCC1CCCCN1C(=O)c1cc(C(=O)Nc2cccc(NC(C)=O)c2)ccn1. The summed E-state index contributed by atoms with van der Waals surface area (Å²) in [7, 11) is 0. The predicted octanol–water partition coefficient (Wildman–Crippen LogP) is 3.70. The van der Waals surface area contributed by atoms with Crippen molar-refractivity contribution < 1.29 is 14.4 Å². The molecule has 1 aliphatic heterocycles. The molecule has 1 aromatic carbocycles. The van der Waals surface area contributed by atoms with E-state index in [1.54, 1.807) is 30.3 Å². The number of likely N-dealkylation sites (tertiary alicyclic amines) is 1. The Balaban J connectivity index is 1.74. The maximum Gasteiger partial charge on any atom is 0.272 e. The van der Waals surface area contributed by atoms with Crippen molar-refractivity contribution in [2.45, 2.75) is 45.6 Å². The predicted molar refractivity (Wildman–Crippen MR) is 112 cm³/mol. The zero-order valence-electron chi connectivity index (χ0n) is 16.8. The van der Waals surface area contributed by atoms with Gasteiger partial charge in [-0.2, -0.15) is 0 Å². The highest BCUT2D eigenvalue weighted by molar-refractivity contribution is 6.06.